The van der Waals surface area contributed by atoms with Crippen molar-refractivity contribution in [3.05, 3.63) is 88.3 Å². The summed E-state index contributed by atoms with van der Waals surface area (Å²) in [4.78, 5) is 78.8. The van der Waals surface area contributed by atoms with Crippen molar-refractivity contribution >= 4 is 57.6 Å². The van der Waals surface area contributed by atoms with Gasteiger partial charge in [-0.2, -0.15) is 10.2 Å². The van der Waals surface area contributed by atoms with Gasteiger partial charge in [-0.1, -0.05) is 12.2 Å². The molecule has 0 saturated carbocycles. The third-order valence-electron chi connectivity index (χ3n) is 11.8. The Hall–Kier alpha value is -7.55. The van der Waals surface area contributed by atoms with Gasteiger partial charge in [0.25, 0.3) is 5.91 Å². The summed E-state index contributed by atoms with van der Waals surface area (Å²) in [5, 5.41) is 11.8. The molecule has 1 fully saturated rings. The zero-order valence-electron chi connectivity index (χ0n) is 41.2. The summed E-state index contributed by atoms with van der Waals surface area (Å²) in [6.07, 6.45) is 4.53. The molecule has 1 saturated heterocycles. The first-order valence-electron chi connectivity index (χ1n) is 23.5. The normalized spacial score (nSPS) is 13.4. The second-order valence-corrected chi connectivity index (χ2v) is 18.1. The summed E-state index contributed by atoms with van der Waals surface area (Å²) in [6, 6.07) is 9.80. The van der Waals surface area contributed by atoms with Crippen LogP contribution in [0.25, 0.3) is 22.1 Å². The minimum Gasteiger partial charge on any atom is -0.494 e. The van der Waals surface area contributed by atoms with E-state index in [4.69, 9.17) is 35.6 Å². The van der Waals surface area contributed by atoms with Crippen molar-refractivity contribution in [2.75, 3.05) is 51.8 Å². The molecule has 0 unspecified atom stereocenters. The number of nitrogens with two attached hydrogens (primary N) is 2. The molecule has 0 bridgehead atoms. The van der Waals surface area contributed by atoms with Crippen molar-refractivity contribution in [1.29, 1.82) is 0 Å². The van der Waals surface area contributed by atoms with Gasteiger partial charge < -0.3 is 39.7 Å². The van der Waals surface area contributed by atoms with Crippen molar-refractivity contribution in [1.82, 2.24) is 48.5 Å². The number of nitrogens with one attached hydrogen (secondary N) is 1. The number of carbonyl (C=O) groups excluding carboxylic acids is 5. The lowest BCUT2D eigenvalue weighted by molar-refractivity contribution is 0.0141. The molecule has 6 aromatic rings. The number of allylic oxidation sites excluding steroid dienone is 2. The Morgan fingerprint density at radius 3 is 1.93 bits per heavy atom. The van der Waals surface area contributed by atoms with Crippen LogP contribution in [-0.4, -0.2) is 130 Å². The standard InChI is InChI=1S/C49H63N13O8/c1-9-61-36(24-30(3)55-61)38(63)14-15-41-52-34-26-33(45(51)65)29-40(69-23-13-16-57-19-21-58(22-20-57)48(67)70-49(5,6)7)43(34)59(41)17-11-12-18-60-42-35(27-32(44(50)64)28-39(42)68-8)53-47(60)54-46(66)37-25-31(4)56-62(37)10-2/h11-12,24-29H,9-10,13-23H2,1-8H3,(H2,50,64)(H2,51,65)(H,53,54,66)/b12-11+. The Balaban J connectivity index is 1.18. The lowest BCUT2D eigenvalue weighted by atomic mass is 10.1. The van der Waals surface area contributed by atoms with Crippen molar-refractivity contribution in [3.8, 4) is 11.5 Å². The van der Waals surface area contributed by atoms with Crippen LogP contribution in [0.1, 0.15) is 106 Å². The molecule has 0 spiro atoms. The van der Waals surface area contributed by atoms with Gasteiger partial charge in [0, 0.05) is 82.9 Å². The van der Waals surface area contributed by atoms with E-state index in [9.17, 15) is 24.0 Å². The Labute approximate surface area is 405 Å². The van der Waals surface area contributed by atoms with Gasteiger partial charge in [-0.05, 0) is 91.3 Å². The number of Topliss-reactive ketones (excluding diaryl/α,β-unsaturated/α-hetero) is 1. The minimum atomic E-state index is -0.666. The van der Waals surface area contributed by atoms with E-state index in [1.807, 2.05) is 58.3 Å². The van der Waals surface area contributed by atoms with Crippen molar-refractivity contribution in [2.24, 2.45) is 11.5 Å². The highest BCUT2D eigenvalue weighted by Gasteiger charge is 2.27. The van der Waals surface area contributed by atoms with Gasteiger partial charge in [-0.25, -0.2) is 14.8 Å². The van der Waals surface area contributed by atoms with Gasteiger partial charge in [0.15, 0.2) is 5.78 Å². The maximum Gasteiger partial charge on any atom is 0.410 e. The number of hydrogen-bond donors (Lipinski definition) is 3. The quantitative estimate of drug-likeness (QED) is 0.0500. The monoisotopic (exact) mass is 961 g/mol. The number of benzene rings is 2. The van der Waals surface area contributed by atoms with E-state index in [2.05, 4.69) is 20.4 Å². The van der Waals surface area contributed by atoms with Crippen LogP contribution < -0.4 is 26.3 Å². The van der Waals surface area contributed by atoms with Crippen molar-refractivity contribution in [3.63, 3.8) is 0 Å². The summed E-state index contributed by atoms with van der Waals surface area (Å²) in [6.45, 7) is 18.0. The van der Waals surface area contributed by atoms with Gasteiger partial charge >= 0.3 is 6.09 Å². The third kappa shape index (κ3) is 11.5. The second kappa shape index (κ2) is 21.4. The highest BCUT2D eigenvalue weighted by molar-refractivity contribution is 6.04. The molecule has 2 aromatic carbocycles. The van der Waals surface area contributed by atoms with E-state index >= 15 is 0 Å². The molecule has 21 nitrogen and oxygen atoms in total. The summed E-state index contributed by atoms with van der Waals surface area (Å²) in [5.74, 6) is -0.337. The van der Waals surface area contributed by atoms with Crippen LogP contribution >= 0.6 is 0 Å². The average molecular weight is 962 g/mol. The third-order valence-corrected chi connectivity index (χ3v) is 11.8. The lowest BCUT2D eigenvalue weighted by Gasteiger charge is -2.35. The number of piperazine rings is 1. The predicted octanol–water partition coefficient (Wildman–Crippen LogP) is 5.29. The van der Waals surface area contributed by atoms with Gasteiger partial charge in [0.1, 0.15) is 45.3 Å². The Bertz CT molecular complexity index is 2960. The van der Waals surface area contributed by atoms with Crippen LogP contribution in [0.2, 0.25) is 0 Å². The maximum atomic E-state index is 13.7. The van der Waals surface area contributed by atoms with Crippen molar-refractivity contribution in [2.45, 2.75) is 99.5 Å². The molecule has 0 radical (unpaired) electrons. The topological polar surface area (TPSA) is 255 Å². The molecular weight excluding hydrogens is 899 g/mol. The van der Waals surface area contributed by atoms with Crippen LogP contribution in [0, 0.1) is 13.8 Å². The first-order valence-corrected chi connectivity index (χ1v) is 23.5. The number of ether oxygens (including phenoxy) is 3. The Morgan fingerprint density at radius 2 is 1.33 bits per heavy atom. The number of anilines is 1. The number of aromatic nitrogens is 8. The second-order valence-electron chi connectivity index (χ2n) is 18.1. The van der Waals surface area contributed by atoms with Gasteiger partial charge in [0.2, 0.25) is 17.8 Å². The van der Waals surface area contributed by atoms with E-state index in [-0.39, 0.29) is 54.9 Å². The SMILES string of the molecule is CCn1nc(C)cc1C(=O)CCc1nc2cc(C(N)=O)cc(OCCCN3CCN(C(=O)OC(C)(C)C)CC3)c2n1C/C=C/Cn1c(NC(=O)c2cc(C)nn2CC)nc2cc(C(N)=O)cc(OC)c21. The summed E-state index contributed by atoms with van der Waals surface area (Å²) in [5.41, 5.74) is 15.6. The molecular formula is C49H63N13O8. The average Bonchev–Trinajstić information content (AvgIpc) is 4.09. The molecule has 1 aliphatic rings. The van der Waals surface area contributed by atoms with E-state index in [0.29, 0.717) is 115 Å². The maximum absolute atomic E-state index is 13.7. The summed E-state index contributed by atoms with van der Waals surface area (Å²) >= 11 is 0. The fraction of sp³-hybridized carbons (Fsp3) is 0.449. The number of amides is 4. The Morgan fingerprint density at radius 1 is 0.757 bits per heavy atom. The molecule has 372 valence electrons. The fourth-order valence-electron chi connectivity index (χ4n) is 8.53. The predicted molar refractivity (Wildman–Crippen MR) is 262 cm³/mol. The minimum absolute atomic E-state index is 0.0926. The number of hydrogen-bond acceptors (Lipinski definition) is 13. The number of rotatable bonds is 20. The Kier molecular flexibility index (Phi) is 15.4. The largest absolute Gasteiger partial charge is 0.494 e. The molecule has 70 heavy (non-hydrogen) atoms. The van der Waals surface area contributed by atoms with E-state index < -0.39 is 23.3 Å². The fourth-order valence-corrected chi connectivity index (χ4v) is 8.53. The van der Waals surface area contributed by atoms with Gasteiger partial charge in [-0.3, -0.25) is 38.8 Å². The van der Waals surface area contributed by atoms with Gasteiger partial charge in [0.05, 0.1) is 36.1 Å². The molecule has 7 rings (SSSR count). The molecule has 4 amide bonds. The van der Waals surface area contributed by atoms with Crippen LogP contribution in [-0.2, 0) is 37.3 Å². The van der Waals surface area contributed by atoms with Crippen LogP contribution in [0.15, 0.2) is 48.6 Å². The number of primary amides is 2. The van der Waals surface area contributed by atoms with Crippen LogP contribution in [0.4, 0.5) is 10.7 Å². The number of carbonyl (C=O) groups is 5. The molecule has 21 heteroatoms. The van der Waals surface area contributed by atoms with E-state index in [1.54, 1.807) is 56.1 Å². The zero-order valence-corrected chi connectivity index (χ0v) is 41.2. The summed E-state index contributed by atoms with van der Waals surface area (Å²) in [7, 11) is 1.47. The van der Waals surface area contributed by atoms with E-state index in [0.717, 1.165) is 5.69 Å². The number of fused-ring (bicyclic) bond motifs is 2. The number of aryl methyl sites for hydroxylation is 5. The molecule has 4 aromatic heterocycles. The number of ketones is 1. The number of imidazole rings is 2. The lowest BCUT2D eigenvalue weighted by Crippen LogP contribution is -2.50. The smallest absolute Gasteiger partial charge is 0.410 e. The van der Waals surface area contributed by atoms with Crippen molar-refractivity contribution < 1.29 is 38.2 Å². The molecule has 5 heterocycles. The van der Waals surface area contributed by atoms with Crippen LogP contribution in [0.5, 0.6) is 11.5 Å². The highest BCUT2D eigenvalue weighted by Crippen LogP contribution is 2.33. The number of nitrogens with zero attached hydrogens (tertiary/aromatic N) is 10. The first-order chi connectivity index (χ1) is 33.4. The number of methoxy groups -OCH3 is 1. The van der Waals surface area contributed by atoms with Crippen LogP contribution in [0.3, 0.4) is 0 Å². The highest BCUT2D eigenvalue weighted by atomic mass is 16.6. The van der Waals surface area contributed by atoms with E-state index in [1.165, 1.54) is 13.2 Å². The first kappa shape index (κ1) is 50.3. The zero-order chi connectivity index (χ0) is 50.4. The van der Waals surface area contributed by atoms with Gasteiger partial charge in [-0.15, -0.1) is 0 Å². The summed E-state index contributed by atoms with van der Waals surface area (Å²) < 4.78 is 24.8. The molecule has 0 atom stereocenters. The molecule has 0 aliphatic carbocycles. The molecule has 5 N–H and O–H groups in total. The molecule has 1 aliphatic heterocycles.